The molecule has 1 saturated heterocycles. The third kappa shape index (κ3) is 9.60. The highest BCUT2D eigenvalue weighted by Gasteiger charge is 2.40. The molecule has 1 fully saturated rings. The summed E-state index contributed by atoms with van der Waals surface area (Å²) < 4.78 is 135. The van der Waals surface area contributed by atoms with Crippen molar-refractivity contribution in [1.29, 1.82) is 0 Å². The molecule has 2 atom stereocenters. The number of carbonyl (C=O) groups excluding carboxylic acids is 1. The molecule has 53 heavy (non-hydrogen) atoms. The molecule has 1 amide bonds. The van der Waals surface area contributed by atoms with Crippen LogP contribution in [0, 0.1) is 0 Å². The minimum atomic E-state index is -5.08. The lowest BCUT2D eigenvalue weighted by atomic mass is 9.89. The number of fused-ring (bicyclic) bond motifs is 1. The second-order valence-corrected chi connectivity index (χ2v) is 12.5. The summed E-state index contributed by atoms with van der Waals surface area (Å²) in [6.07, 6.45) is -14.9. The van der Waals surface area contributed by atoms with Gasteiger partial charge in [0.1, 0.15) is 0 Å². The first kappa shape index (κ1) is 39.4. The normalized spacial score (nSPS) is 18.1. The predicted molar refractivity (Wildman–Crippen MR) is 172 cm³/mol. The third-order valence-electron chi connectivity index (χ3n) is 8.81. The SMILES string of the molecule is CC[C@@H]1C[C@H](Nc2ncc(N3CCOCC3)c(Cc3cc(C(F)(F)F)cc(C(F)(F)F)c3)n2)c2cc(C(F)(F)F)ccc2N1C(=O)OCCCC(=O)O. The van der Waals surface area contributed by atoms with Gasteiger partial charge in [-0.15, -0.1) is 0 Å². The van der Waals surface area contributed by atoms with E-state index in [9.17, 15) is 49.1 Å². The number of amides is 1. The summed E-state index contributed by atoms with van der Waals surface area (Å²) in [5.41, 5.74) is -3.91. The van der Waals surface area contributed by atoms with Crippen LogP contribution in [-0.4, -0.2) is 66.1 Å². The molecule has 0 aliphatic carbocycles. The number of nitrogens with zero attached hydrogens (tertiary/aromatic N) is 4. The van der Waals surface area contributed by atoms with Gasteiger partial charge in [0.2, 0.25) is 5.95 Å². The lowest BCUT2D eigenvalue weighted by Crippen LogP contribution is -2.46. The number of rotatable bonds is 10. The average molecular weight is 764 g/mol. The molecule has 2 N–H and O–H groups in total. The zero-order valence-corrected chi connectivity index (χ0v) is 28.0. The standard InChI is InChI=1S/C34H34F9N5O5/c1-2-23-17-25(24-16-20(32(35,36)37)5-6-27(24)48(23)31(51)53-9-3-4-29(49)50)45-30-44-18-28(47-7-10-52-11-8-47)26(46-30)14-19-12-21(33(38,39)40)15-22(13-19)34(41,42)43/h5-6,12-13,15-16,18,23,25H,2-4,7-11,14,17H2,1H3,(H,49,50)(H,44,45,46)/t23-,25+/m1/s1. The van der Waals surface area contributed by atoms with Crippen molar-refractivity contribution in [3.8, 4) is 0 Å². The van der Waals surface area contributed by atoms with E-state index < -0.39 is 65.8 Å². The quantitative estimate of drug-likeness (QED) is 0.156. The fourth-order valence-corrected chi connectivity index (χ4v) is 6.27. The van der Waals surface area contributed by atoms with Gasteiger partial charge in [-0.25, -0.2) is 14.8 Å². The van der Waals surface area contributed by atoms with Crippen LogP contribution in [0.15, 0.2) is 42.6 Å². The van der Waals surface area contributed by atoms with Crippen LogP contribution in [0.3, 0.4) is 0 Å². The first-order valence-electron chi connectivity index (χ1n) is 16.5. The predicted octanol–water partition coefficient (Wildman–Crippen LogP) is 8.10. The maximum Gasteiger partial charge on any atom is 0.416 e. The summed E-state index contributed by atoms with van der Waals surface area (Å²) in [6.45, 7) is 2.67. The molecule has 2 aliphatic rings. The van der Waals surface area contributed by atoms with Crippen LogP contribution >= 0.6 is 0 Å². The van der Waals surface area contributed by atoms with E-state index in [2.05, 4.69) is 15.3 Å². The summed E-state index contributed by atoms with van der Waals surface area (Å²) in [7, 11) is 0. The van der Waals surface area contributed by atoms with Crippen LogP contribution in [-0.2, 0) is 39.2 Å². The van der Waals surface area contributed by atoms with E-state index in [-0.39, 0.29) is 73.6 Å². The van der Waals surface area contributed by atoms with E-state index in [0.717, 1.165) is 18.2 Å². The Balaban J connectivity index is 1.54. The van der Waals surface area contributed by atoms with Crippen LogP contribution < -0.4 is 15.1 Å². The number of alkyl halides is 9. The van der Waals surface area contributed by atoms with Gasteiger partial charge in [-0.1, -0.05) is 6.92 Å². The van der Waals surface area contributed by atoms with Gasteiger partial charge in [-0.2, -0.15) is 39.5 Å². The second-order valence-electron chi connectivity index (χ2n) is 12.5. The molecule has 2 aliphatic heterocycles. The molecule has 3 heterocycles. The summed E-state index contributed by atoms with van der Waals surface area (Å²) in [6, 6.07) is 2.40. The summed E-state index contributed by atoms with van der Waals surface area (Å²) in [5, 5.41) is 11.9. The van der Waals surface area contributed by atoms with E-state index in [1.165, 1.54) is 11.1 Å². The van der Waals surface area contributed by atoms with Gasteiger partial charge >= 0.3 is 30.6 Å². The Labute approximate surface area is 296 Å². The highest BCUT2D eigenvalue weighted by Crippen LogP contribution is 2.43. The molecule has 0 bridgehead atoms. The molecule has 1 aromatic heterocycles. The Morgan fingerprint density at radius 3 is 2.15 bits per heavy atom. The van der Waals surface area contributed by atoms with Crippen molar-refractivity contribution in [2.24, 2.45) is 0 Å². The highest BCUT2D eigenvalue weighted by molar-refractivity contribution is 5.90. The topological polar surface area (TPSA) is 117 Å². The smallest absolute Gasteiger partial charge is 0.416 e. The van der Waals surface area contributed by atoms with E-state index in [0.29, 0.717) is 37.3 Å². The Hall–Kier alpha value is -4.81. The van der Waals surface area contributed by atoms with Gasteiger partial charge in [0, 0.05) is 32.0 Å². The minimum absolute atomic E-state index is 0.00783. The van der Waals surface area contributed by atoms with Crippen molar-refractivity contribution in [1.82, 2.24) is 9.97 Å². The number of halogens is 9. The molecule has 19 heteroatoms. The molecule has 288 valence electrons. The van der Waals surface area contributed by atoms with Gasteiger partial charge in [0.25, 0.3) is 0 Å². The number of aliphatic carboxylic acids is 1. The number of hydrogen-bond acceptors (Lipinski definition) is 8. The maximum absolute atomic E-state index is 13.9. The molecule has 0 unspecified atom stereocenters. The van der Waals surface area contributed by atoms with Gasteiger partial charge in [-0.3, -0.25) is 9.69 Å². The number of hydrogen-bond donors (Lipinski definition) is 2. The number of benzene rings is 2. The van der Waals surface area contributed by atoms with Crippen LogP contribution in [0.25, 0.3) is 0 Å². The fourth-order valence-electron chi connectivity index (χ4n) is 6.27. The molecular weight excluding hydrogens is 729 g/mol. The zero-order chi connectivity index (χ0) is 38.7. The highest BCUT2D eigenvalue weighted by atomic mass is 19.4. The first-order valence-corrected chi connectivity index (χ1v) is 16.5. The van der Waals surface area contributed by atoms with E-state index in [1.807, 2.05) is 0 Å². The molecule has 3 aromatic rings. The minimum Gasteiger partial charge on any atom is -0.481 e. The van der Waals surface area contributed by atoms with Gasteiger partial charge < -0.3 is 24.8 Å². The number of ether oxygens (including phenoxy) is 2. The number of anilines is 3. The zero-order valence-electron chi connectivity index (χ0n) is 28.0. The molecular formula is C34H34F9N5O5. The summed E-state index contributed by atoms with van der Waals surface area (Å²) in [4.78, 5) is 35.9. The Kier molecular flexibility index (Phi) is 11.6. The largest absolute Gasteiger partial charge is 0.481 e. The number of carboxylic acids is 1. The monoisotopic (exact) mass is 763 g/mol. The lowest BCUT2D eigenvalue weighted by molar-refractivity contribution is -0.143. The van der Waals surface area contributed by atoms with Crippen molar-refractivity contribution in [3.63, 3.8) is 0 Å². The molecule has 0 radical (unpaired) electrons. The number of nitrogens with one attached hydrogen (secondary N) is 1. The van der Waals surface area contributed by atoms with Crippen molar-refractivity contribution >= 4 is 29.4 Å². The molecule has 10 nitrogen and oxygen atoms in total. The Bertz CT molecular complexity index is 1760. The van der Waals surface area contributed by atoms with Crippen molar-refractivity contribution < 1.29 is 63.7 Å². The van der Waals surface area contributed by atoms with Gasteiger partial charge in [0.05, 0.1) is 65.8 Å². The summed E-state index contributed by atoms with van der Waals surface area (Å²) >= 11 is 0. The first-order chi connectivity index (χ1) is 24.8. The Morgan fingerprint density at radius 2 is 1.57 bits per heavy atom. The van der Waals surface area contributed by atoms with Crippen LogP contribution in [0.4, 0.5) is 61.6 Å². The van der Waals surface area contributed by atoms with Crippen molar-refractivity contribution in [2.75, 3.05) is 48.0 Å². The van der Waals surface area contributed by atoms with Crippen molar-refractivity contribution in [2.45, 2.75) is 69.6 Å². The van der Waals surface area contributed by atoms with E-state index in [1.54, 1.807) is 11.8 Å². The average Bonchev–Trinajstić information content (AvgIpc) is 3.08. The number of carbonyl (C=O) groups is 2. The fraction of sp³-hybridized carbons (Fsp3) is 0.471. The molecule has 0 saturated carbocycles. The van der Waals surface area contributed by atoms with E-state index >= 15 is 0 Å². The lowest BCUT2D eigenvalue weighted by Gasteiger charge is -2.40. The van der Waals surface area contributed by atoms with Gasteiger partial charge in [-0.05, 0) is 66.8 Å². The van der Waals surface area contributed by atoms with Crippen LogP contribution in [0.2, 0.25) is 0 Å². The number of carboxylic acid groups (broad SMARTS) is 1. The third-order valence-corrected chi connectivity index (χ3v) is 8.81. The van der Waals surface area contributed by atoms with E-state index in [4.69, 9.17) is 14.6 Å². The van der Waals surface area contributed by atoms with Gasteiger partial charge in [0.15, 0.2) is 0 Å². The Morgan fingerprint density at radius 1 is 0.925 bits per heavy atom. The van der Waals surface area contributed by atoms with Crippen molar-refractivity contribution in [3.05, 3.63) is 76.1 Å². The summed E-state index contributed by atoms with van der Waals surface area (Å²) in [5.74, 6) is -1.28. The molecule has 0 spiro atoms. The maximum atomic E-state index is 13.9. The van der Waals surface area contributed by atoms with Crippen LogP contribution in [0.1, 0.15) is 72.2 Å². The number of aromatic nitrogens is 2. The number of morpholine rings is 1. The molecule has 2 aromatic carbocycles. The molecule has 5 rings (SSSR count). The second kappa shape index (κ2) is 15.7. The van der Waals surface area contributed by atoms with Crippen LogP contribution in [0.5, 0.6) is 0 Å².